The fourth-order valence-corrected chi connectivity index (χ4v) is 2.28. The highest BCUT2D eigenvalue weighted by atomic mass is 16.4. The molecule has 1 saturated heterocycles. The van der Waals surface area contributed by atoms with Crippen molar-refractivity contribution in [2.45, 2.75) is 46.6 Å². The van der Waals surface area contributed by atoms with Crippen molar-refractivity contribution >= 4 is 11.9 Å². The van der Waals surface area contributed by atoms with Crippen molar-refractivity contribution < 1.29 is 14.7 Å². The minimum absolute atomic E-state index is 0.0594. The van der Waals surface area contributed by atoms with E-state index in [9.17, 15) is 14.7 Å². The first kappa shape index (κ1) is 13.0. The van der Waals surface area contributed by atoms with Gasteiger partial charge in [0, 0.05) is 12.0 Å². The van der Waals surface area contributed by atoms with E-state index in [1.807, 2.05) is 27.7 Å². The fraction of sp³-hybridized carbons (Fsp3) is 0.833. The van der Waals surface area contributed by atoms with E-state index in [2.05, 4.69) is 0 Å². The Balaban J connectivity index is 2.89. The molecule has 1 N–H and O–H groups in total. The molecule has 1 amide bonds. The Bertz CT molecular complexity index is 293. The molecule has 4 heteroatoms. The third kappa shape index (κ3) is 2.36. The molecule has 0 bridgehead atoms. The monoisotopic (exact) mass is 227 g/mol. The second-order valence-electron chi connectivity index (χ2n) is 5.49. The number of nitrogens with zero attached hydrogens (tertiary/aromatic N) is 1. The standard InChI is InChI=1S/C12H21NO3/c1-5-8-6-7-13(9(8)10(14)15)11(16)12(2,3)4/h8-9H,5-7H2,1-4H3,(H,14,15)/t8-,9+/m1/s1. The maximum absolute atomic E-state index is 12.1. The second kappa shape index (κ2) is 4.44. The van der Waals surface area contributed by atoms with Crippen molar-refractivity contribution in [1.82, 2.24) is 4.90 Å². The highest BCUT2D eigenvalue weighted by molar-refractivity contribution is 5.87. The molecule has 4 nitrogen and oxygen atoms in total. The molecule has 0 unspecified atom stereocenters. The molecule has 0 aromatic carbocycles. The Morgan fingerprint density at radius 1 is 1.38 bits per heavy atom. The average Bonchev–Trinajstić information content (AvgIpc) is 2.57. The Kier molecular flexibility index (Phi) is 3.61. The number of rotatable bonds is 2. The van der Waals surface area contributed by atoms with Crippen molar-refractivity contribution in [2.75, 3.05) is 6.54 Å². The zero-order chi connectivity index (χ0) is 12.5. The van der Waals surface area contributed by atoms with Gasteiger partial charge in [0.1, 0.15) is 6.04 Å². The summed E-state index contributed by atoms with van der Waals surface area (Å²) in [5, 5.41) is 9.21. The molecule has 16 heavy (non-hydrogen) atoms. The van der Waals surface area contributed by atoms with Crippen LogP contribution < -0.4 is 0 Å². The molecular weight excluding hydrogens is 206 g/mol. The van der Waals surface area contributed by atoms with Crippen LogP contribution in [0.2, 0.25) is 0 Å². The molecular formula is C12H21NO3. The number of hydrogen-bond donors (Lipinski definition) is 1. The topological polar surface area (TPSA) is 57.6 Å². The van der Waals surface area contributed by atoms with Crippen LogP contribution in [0.25, 0.3) is 0 Å². The summed E-state index contributed by atoms with van der Waals surface area (Å²) < 4.78 is 0. The van der Waals surface area contributed by atoms with Gasteiger partial charge in [0.05, 0.1) is 0 Å². The third-order valence-electron chi connectivity index (χ3n) is 3.20. The number of carbonyl (C=O) groups excluding carboxylic acids is 1. The van der Waals surface area contributed by atoms with Crippen molar-refractivity contribution in [3.05, 3.63) is 0 Å². The summed E-state index contributed by atoms with van der Waals surface area (Å²) in [6, 6.07) is -0.628. The summed E-state index contributed by atoms with van der Waals surface area (Å²) in [5.74, 6) is -0.832. The molecule has 1 rings (SSSR count). The van der Waals surface area contributed by atoms with Gasteiger partial charge >= 0.3 is 5.97 Å². The summed E-state index contributed by atoms with van der Waals surface area (Å²) in [5.41, 5.74) is -0.504. The number of carbonyl (C=O) groups is 2. The lowest BCUT2D eigenvalue weighted by Crippen LogP contribution is -2.47. The SMILES string of the molecule is CC[C@@H]1CCN(C(=O)C(C)(C)C)[C@@H]1C(=O)O. The maximum Gasteiger partial charge on any atom is 0.326 e. The number of aliphatic carboxylic acids is 1. The van der Waals surface area contributed by atoms with Crippen LogP contribution in [0.3, 0.4) is 0 Å². The molecule has 0 saturated carbocycles. The number of carboxylic acid groups (broad SMARTS) is 1. The van der Waals surface area contributed by atoms with Crippen LogP contribution in [0.5, 0.6) is 0 Å². The highest BCUT2D eigenvalue weighted by Crippen LogP contribution is 2.31. The maximum atomic E-state index is 12.1. The predicted octanol–water partition coefficient (Wildman–Crippen LogP) is 1.74. The first-order valence-corrected chi connectivity index (χ1v) is 5.83. The number of carboxylic acids is 1. The van der Waals surface area contributed by atoms with Gasteiger partial charge in [0.2, 0.25) is 5.91 Å². The van der Waals surface area contributed by atoms with Crippen molar-refractivity contribution in [2.24, 2.45) is 11.3 Å². The van der Waals surface area contributed by atoms with E-state index in [-0.39, 0.29) is 11.8 Å². The summed E-state index contributed by atoms with van der Waals surface area (Å²) in [4.78, 5) is 24.9. The molecule has 0 aromatic heterocycles. The lowest BCUT2D eigenvalue weighted by atomic mass is 9.93. The van der Waals surface area contributed by atoms with E-state index in [1.165, 1.54) is 4.90 Å². The van der Waals surface area contributed by atoms with Crippen molar-refractivity contribution in [3.8, 4) is 0 Å². The van der Waals surface area contributed by atoms with Crippen LogP contribution in [-0.4, -0.2) is 34.5 Å². The zero-order valence-corrected chi connectivity index (χ0v) is 10.5. The van der Waals surface area contributed by atoms with Crippen LogP contribution in [0.1, 0.15) is 40.5 Å². The van der Waals surface area contributed by atoms with Gasteiger partial charge in [0.15, 0.2) is 0 Å². The van der Waals surface area contributed by atoms with Gasteiger partial charge in [-0.1, -0.05) is 34.1 Å². The van der Waals surface area contributed by atoms with Crippen molar-refractivity contribution in [1.29, 1.82) is 0 Å². The molecule has 0 aromatic rings. The molecule has 0 aliphatic carbocycles. The molecule has 1 aliphatic heterocycles. The molecule has 92 valence electrons. The van der Waals surface area contributed by atoms with Crippen LogP contribution >= 0.6 is 0 Å². The Labute approximate surface area is 96.6 Å². The van der Waals surface area contributed by atoms with Gasteiger partial charge in [-0.25, -0.2) is 4.79 Å². The largest absolute Gasteiger partial charge is 0.480 e. The van der Waals surface area contributed by atoms with Gasteiger partial charge in [-0.2, -0.15) is 0 Å². The number of likely N-dealkylation sites (tertiary alicyclic amines) is 1. The minimum Gasteiger partial charge on any atom is -0.480 e. The molecule has 0 radical (unpaired) electrons. The number of hydrogen-bond acceptors (Lipinski definition) is 2. The van der Waals surface area contributed by atoms with E-state index < -0.39 is 17.4 Å². The van der Waals surface area contributed by atoms with Crippen LogP contribution in [0.15, 0.2) is 0 Å². The normalized spacial score (nSPS) is 25.9. The van der Waals surface area contributed by atoms with Gasteiger partial charge in [-0.3, -0.25) is 4.79 Å². The predicted molar refractivity (Wildman–Crippen MR) is 61.0 cm³/mol. The zero-order valence-electron chi connectivity index (χ0n) is 10.5. The summed E-state index contributed by atoms with van der Waals surface area (Å²) in [6.07, 6.45) is 1.61. The van der Waals surface area contributed by atoms with E-state index in [0.717, 1.165) is 12.8 Å². The highest BCUT2D eigenvalue weighted by Gasteiger charge is 2.43. The number of amides is 1. The van der Waals surface area contributed by atoms with E-state index in [0.29, 0.717) is 6.54 Å². The average molecular weight is 227 g/mol. The van der Waals surface area contributed by atoms with E-state index >= 15 is 0 Å². The van der Waals surface area contributed by atoms with Gasteiger partial charge in [-0.05, 0) is 12.3 Å². The summed E-state index contributed by atoms with van der Waals surface area (Å²) in [6.45, 7) is 8.03. The molecule has 1 aliphatic rings. The molecule has 1 heterocycles. The molecule has 2 atom stereocenters. The third-order valence-corrected chi connectivity index (χ3v) is 3.20. The lowest BCUT2D eigenvalue weighted by Gasteiger charge is -2.30. The minimum atomic E-state index is -0.873. The Morgan fingerprint density at radius 2 is 1.94 bits per heavy atom. The smallest absolute Gasteiger partial charge is 0.326 e. The van der Waals surface area contributed by atoms with Crippen molar-refractivity contribution in [3.63, 3.8) is 0 Å². The van der Waals surface area contributed by atoms with Crippen LogP contribution in [0, 0.1) is 11.3 Å². The molecule has 1 fully saturated rings. The molecule has 0 spiro atoms. The Hall–Kier alpha value is -1.06. The first-order chi connectivity index (χ1) is 7.29. The van der Waals surface area contributed by atoms with Gasteiger partial charge in [-0.15, -0.1) is 0 Å². The van der Waals surface area contributed by atoms with Crippen LogP contribution in [-0.2, 0) is 9.59 Å². The Morgan fingerprint density at radius 3 is 2.31 bits per heavy atom. The summed E-state index contributed by atoms with van der Waals surface area (Å²) in [7, 11) is 0. The first-order valence-electron chi connectivity index (χ1n) is 5.83. The summed E-state index contributed by atoms with van der Waals surface area (Å²) >= 11 is 0. The van der Waals surface area contributed by atoms with E-state index in [4.69, 9.17) is 0 Å². The van der Waals surface area contributed by atoms with Crippen LogP contribution in [0.4, 0.5) is 0 Å². The van der Waals surface area contributed by atoms with E-state index in [1.54, 1.807) is 0 Å². The quantitative estimate of drug-likeness (QED) is 0.781. The van der Waals surface area contributed by atoms with Gasteiger partial charge in [0.25, 0.3) is 0 Å². The fourth-order valence-electron chi connectivity index (χ4n) is 2.28. The second-order valence-corrected chi connectivity index (χ2v) is 5.49. The van der Waals surface area contributed by atoms with Gasteiger partial charge < -0.3 is 10.0 Å². The lowest BCUT2D eigenvalue weighted by molar-refractivity contribution is -0.153.